The van der Waals surface area contributed by atoms with Gasteiger partial charge in [0.25, 0.3) is 0 Å². The molecular weight excluding hydrogens is 242 g/mol. The first kappa shape index (κ1) is 12.2. The lowest BCUT2D eigenvalue weighted by Gasteiger charge is -2.29. The van der Waals surface area contributed by atoms with Crippen LogP contribution in [0.1, 0.15) is 18.6 Å². The van der Waals surface area contributed by atoms with Gasteiger partial charge >= 0.3 is 5.97 Å². The number of carbonyl (C=O) groups is 1. The zero-order valence-corrected chi connectivity index (χ0v) is 10.7. The smallest absolute Gasteiger partial charge is 0.306 e. The molecule has 1 aromatic carbocycles. The zero-order chi connectivity index (χ0) is 13.2. The van der Waals surface area contributed by atoms with Gasteiger partial charge in [0.2, 0.25) is 0 Å². The molecule has 1 aliphatic heterocycles. The van der Waals surface area contributed by atoms with E-state index >= 15 is 0 Å². The van der Waals surface area contributed by atoms with Gasteiger partial charge in [-0.3, -0.25) is 9.69 Å². The predicted molar refractivity (Wildman–Crippen MR) is 71.9 cm³/mol. The molecule has 100 valence electrons. The normalized spacial score (nSPS) is 17.9. The van der Waals surface area contributed by atoms with Gasteiger partial charge in [-0.1, -0.05) is 18.2 Å². The average molecular weight is 259 g/mol. The molecule has 0 atom stereocenters. The lowest BCUT2D eigenvalue weighted by Crippen LogP contribution is -2.35. The van der Waals surface area contributed by atoms with Crippen molar-refractivity contribution in [2.75, 3.05) is 13.1 Å². The Morgan fingerprint density at radius 1 is 1.32 bits per heavy atom. The minimum absolute atomic E-state index is 0.174. The first-order valence-electron chi connectivity index (χ1n) is 6.65. The number of likely N-dealkylation sites (tertiary alicyclic amines) is 1. The Morgan fingerprint density at radius 3 is 2.74 bits per heavy atom. The first-order chi connectivity index (χ1) is 9.22. The van der Waals surface area contributed by atoms with Crippen LogP contribution < -0.4 is 0 Å². The number of rotatable bonds is 3. The highest BCUT2D eigenvalue weighted by atomic mass is 16.4. The Labute approximate surface area is 111 Å². The minimum Gasteiger partial charge on any atom is -0.481 e. The third kappa shape index (κ3) is 2.63. The van der Waals surface area contributed by atoms with Gasteiger partial charge < -0.3 is 9.52 Å². The maximum Gasteiger partial charge on any atom is 0.306 e. The van der Waals surface area contributed by atoms with E-state index < -0.39 is 5.97 Å². The van der Waals surface area contributed by atoms with Crippen molar-refractivity contribution in [2.45, 2.75) is 19.4 Å². The second-order valence-electron chi connectivity index (χ2n) is 5.14. The Bertz CT molecular complexity index is 549. The molecule has 4 nitrogen and oxygen atoms in total. The van der Waals surface area contributed by atoms with Gasteiger partial charge in [0.15, 0.2) is 0 Å². The Morgan fingerprint density at radius 2 is 2.05 bits per heavy atom. The van der Waals surface area contributed by atoms with Gasteiger partial charge in [0.1, 0.15) is 11.3 Å². The third-order valence-electron chi connectivity index (χ3n) is 3.79. The van der Waals surface area contributed by atoms with Crippen LogP contribution in [0.4, 0.5) is 0 Å². The number of carboxylic acids is 1. The van der Waals surface area contributed by atoms with E-state index in [1.165, 1.54) is 0 Å². The summed E-state index contributed by atoms with van der Waals surface area (Å²) in [6.07, 6.45) is 1.46. The number of hydrogen-bond acceptors (Lipinski definition) is 3. The molecule has 4 heteroatoms. The van der Waals surface area contributed by atoms with Crippen LogP contribution in [0.3, 0.4) is 0 Å². The summed E-state index contributed by atoms with van der Waals surface area (Å²) in [5.74, 6) is 0.116. The average Bonchev–Trinajstić information content (AvgIpc) is 2.81. The maximum atomic E-state index is 10.9. The third-order valence-corrected chi connectivity index (χ3v) is 3.79. The SMILES string of the molecule is O=C(O)C1CCN(Cc2cc3ccccc3o2)CC1. The van der Waals surface area contributed by atoms with Crippen molar-refractivity contribution < 1.29 is 14.3 Å². The fraction of sp³-hybridized carbons (Fsp3) is 0.400. The summed E-state index contributed by atoms with van der Waals surface area (Å²) in [6.45, 7) is 2.42. The highest BCUT2D eigenvalue weighted by Gasteiger charge is 2.24. The topological polar surface area (TPSA) is 53.7 Å². The monoisotopic (exact) mass is 259 g/mol. The van der Waals surface area contributed by atoms with Gasteiger partial charge in [-0.05, 0) is 38.1 Å². The van der Waals surface area contributed by atoms with Gasteiger partial charge in [-0.25, -0.2) is 0 Å². The molecule has 0 saturated carbocycles. The van der Waals surface area contributed by atoms with Crippen LogP contribution in [0.25, 0.3) is 11.0 Å². The van der Waals surface area contributed by atoms with Crippen molar-refractivity contribution in [1.29, 1.82) is 0 Å². The maximum absolute atomic E-state index is 10.9. The number of benzene rings is 1. The van der Waals surface area contributed by atoms with Crippen molar-refractivity contribution in [3.05, 3.63) is 36.1 Å². The van der Waals surface area contributed by atoms with Crippen molar-refractivity contribution in [3.63, 3.8) is 0 Å². The molecule has 1 aliphatic rings. The Hall–Kier alpha value is -1.81. The van der Waals surface area contributed by atoms with Crippen LogP contribution in [-0.2, 0) is 11.3 Å². The summed E-state index contributed by atoms with van der Waals surface area (Å²) in [5.41, 5.74) is 0.915. The van der Waals surface area contributed by atoms with E-state index in [-0.39, 0.29) is 5.92 Å². The fourth-order valence-corrected chi connectivity index (χ4v) is 2.67. The van der Waals surface area contributed by atoms with Crippen LogP contribution in [-0.4, -0.2) is 29.1 Å². The van der Waals surface area contributed by atoms with E-state index in [2.05, 4.69) is 11.0 Å². The lowest BCUT2D eigenvalue weighted by molar-refractivity contribution is -0.143. The fourth-order valence-electron chi connectivity index (χ4n) is 2.67. The highest BCUT2D eigenvalue weighted by molar-refractivity contribution is 5.77. The molecule has 1 fully saturated rings. The van der Waals surface area contributed by atoms with E-state index in [9.17, 15) is 4.79 Å². The number of piperidine rings is 1. The standard InChI is InChI=1S/C15H17NO3/c17-15(18)11-5-7-16(8-6-11)10-13-9-12-3-1-2-4-14(12)19-13/h1-4,9,11H,5-8,10H2,(H,17,18). The molecular formula is C15H17NO3. The van der Waals surface area contributed by atoms with E-state index in [1.54, 1.807) is 0 Å². The van der Waals surface area contributed by atoms with Gasteiger partial charge in [-0.15, -0.1) is 0 Å². The number of fused-ring (bicyclic) bond motifs is 1. The Kier molecular flexibility index (Phi) is 3.25. The molecule has 0 amide bonds. The molecule has 1 aromatic heterocycles. The minimum atomic E-state index is -0.664. The van der Waals surface area contributed by atoms with Crippen molar-refractivity contribution >= 4 is 16.9 Å². The lowest BCUT2D eigenvalue weighted by atomic mass is 9.97. The second-order valence-corrected chi connectivity index (χ2v) is 5.14. The highest BCUT2D eigenvalue weighted by Crippen LogP contribution is 2.23. The van der Waals surface area contributed by atoms with Crippen molar-refractivity contribution in [2.24, 2.45) is 5.92 Å². The van der Waals surface area contributed by atoms with E-state index in [1.807, 2.05) is 24.3 Å². The number of aliphatic carboxylic acids is 1. The van der Waals surface area contributed by atoms with Crippen LogP contribution in [0, 0.1) is 5.92 Å². The number of para-hydroxylation sites is 1. The van der Waals surface area contributed by atoms with E-state index in [0.29, 0.717) is 0 Å². The number of carboxylic acid groups (broad SMARTS) is 1. The van der Waals surface area contributed by atoms with Crippen LogP contribution in [0.2, 0.25) is 0 Å². The molecule has 1 saturated heterocycles. The first-order valence-corrected chi connectivity index (χ1v) is 6.65. The zero-order valence-electron chi connectivity index (χ0n) is 10.7. The summed E-state index contributed by atoms with van der Waals surface area (Å²) in [6, 6.07) is 10.0. The van der Waals surface area contributed by atoms with Crippen LogP contribution in [0.15, 0.2) is 34.7 Å². The second kappa shape index (κ2) is 5.05. The molecule has 1 N–H and O–H groups in total. The summed E-state index contributed by atoms with van der Waals surface area (Å²) >= 11 is 0. The molecule has 0 bridgehead atoms. The molecule has 2 heterocycles. The van der Waals surface area contributed by atoms with Gasteiger partial charge in [-0.2, -0.15) is 0 Å². The summed E-state index contributed by atoms with van der Waals surface area (Å²) in [4.78, 5) is 13.2. The number of nitrogens with zero attached hydrogens (tertiary/aromatic N) is 1. The molecule has 19 heavy (non-hydrogen) atoms. The summed E-state index contributed by atoms with van der Waals surface area (Å²) < 4.78 is 5.79. The predicted octanol–water partition coefficient (Wildman–Crippen LogP) is 2.73. The van der Waals surface area contributed by atoms with Crippen LogP contribution in [0.5, 0.6) is 0 Å². The summed E-state index contributed by atoms with van der Waals surface area (Å²) in [7, 11) is 0. The molecule has 0 radical (unpaired) electrons. The molecule has 2 aromatic rings. The largest absolute Gasteiger partial charge is 0.481 e. The quantitative estimate of drug-likeness (QED) is 0.920. The Balaban J connectivity index is 1.64. The van der Waals surface area contributed by atoms with E-state index in [4.69, 9.17) is 9.52 Å². The molecule has 0 aliphatic carbocycles. The number of furan rings is 1. The van der Waals surface area contributed by atoms with Crippen molar-refractivity contribution in [3.8, 4) is 0 Å². The molecule has 3 rings (SSSR count). The van der Waals surface area contributed by atoms with Gasteiger partial charge in [0.05, 0.1) is 12.5 Å². The summed E-state index contributed by atoms with van der Waals surface area (Å²) in [5, 5.41) is 10.1. The molecule has 0 spiro atoms. The van der Waals surface area contributed by atoms with Crippen LogP contribution >= 0.6 is 0 Å². The van der Waals surface area contributed by atoms with Gasteiger partial charge in [0, 0.05) is 5.39 Å². The molecule has 0 unspecified atom stereocenters. The number of hydrogen-bond donors (Lipinski definition) is 1. The van der Waals surface area contributed by atoms with Crippen molar-refractivity contribution in [1.82, 2.24) is 4.90 Å². The van der Waals surface area contributed by atoms with E-state index in [0.717, 1.165) is 49.2 Å².